The van der Waals surface area contributed by atoms with Crippen molar-refractivity contribution in [1.82, 2.24) is 4.90 Å². The second kappa shape index (κ2) is 8.41. The fraction of sp³-hybridized carbons (Fsp3) is 0.185. The molecule has 5 rings (SSSR count). The highest BCUT2D eigenvalue weighted by atomic mass is 35.5. The van der Waals surface area contributed by atoms with Gasteiger partial charge in [0.1, 0.15) is 11.3 Å². The van der Waals surface area contributed by atoms with E-state index in [2.05, 4.69) is 0 Å². The zero-order valence-corrected chi connectivity index (χ0v) is 19.1. The minimum Gasteiger partial charge on any atom is -0.497 e. The van der Waals surface area contributed by atoms with Gasteiger partial charge in [-0.2, -0.15) is 0 Å². The Balaban J connectivity index is 1.61. The fourth-order valence-corrected chi connectivity index (χ4v) is 4.63. The summed E-state index contributed by atoms with van der Waals surface area (Å²) in [7, 11) is 1.63. The molecule has 0 bridgehead atoms. The van der Waals surface area contributed by atoms with E-state index in [0.29, 0.717) is 34.5 Å². The number of ether oxygens (including phenoxy) is 1. The zero-order chi connectivity index (χ0) is 23.1. The molecule has 1 unspecified atom stereocenters. The molecule has 1 atom stereocenters. The quantitative estimate of drug-likeness (QED) is 0.392. The predicted molar refractivity (Wildman–Crippen MR) is 128 cm³/mol. The van der Waals surface area contributed by atoms with Gasteiger partial charge in [-0.25, -0.2) is 0 Å². The monoisotopic (exact) mass is 459 g/mol. The second-order valence-electron chi connectivity index (χ2n) is 8.23. The average molecular weight is 460 g/mol. The first-order chi connectivity index (χ1) is 16.0. The van der Waals surface area contributed by atoms with Crippen LogP contribution in [0.5, 0.6) is 5.75 Å². The van der Waals surface area contributed by atoms with E-state index in [-0.39, 0.29) is 17.1 Å². The molecular weight excluding hydrogens is 438 g/mol. The Morgan fingerprint density at radius 3 is 2.55 bits per heavy atom. The highest BCUT2D eigenvalue weighted by Crippen LogP contribution is 2.39. The fourth-order valence-electron chi connectivity index (χ4n) is 4.43. The molecule has 5 nitrogen and oxygen atoms in total. The number of rotatable bonds is 5. The zero-order valence-electron chi connectivity index (χ0n) is 18.3. The topological polar surface area (TPSA) is 59.8 Å². The van der Waals surface area contributed by atoms with Gasteiger partial charge in [0.15, 0.2) is 5.43 Å². The van der Waals surface area contributed by atoms with Crippen LogP contribution in [0.4, 0.5) is 0 Å². The van der Waals surface area contributed by atoms with Gasteiger partial charge in [-0.3, -0.25) is 9.59 Å². The number of halogens is 1. The van der Waals surface area contributed by atoms with E-state index in [1.54, 1.807) is 36.3 Å². The second-order valence-corrected chi connectivity index (χ2v) is 8.66. The van der Waals surface area contributed by atoms with Crippen LogP contribution in [0.1, 0.15) is 38.9 Å². The van der Waals surface area contributed by atoms with Crippen LogP contribution in [0.25, 0.3) is 11.0 Å². The predicted octanol–water partition coefficient (Wildman–Crippen LogP) is 5.55. The van der Waals surface area contributed by atoms with Crippen LogP contribution in [0.15, 0.2) is 75.9 Å². The van der Waals surface area contributed by atoms with Crippen LogP contribution < -0.4 is 10.2 Å². The normalized spacial score (nSPS) is 15.2. The molecule has 1 amide bonds. The molecule has 0 aliphatic carbocycles. The Bertz CT molecular complexity index is 1420. The number of nitrogens with zero attached hydrogens (tertiary/aromatic N) is 1. The summed E-state index contributed by atoms with van der Waals surface area (Å²) >= 11 is 6.27. The first kappa shape index (κ1) is 21.3. The van der Waals surface area contributed by atoms with Gasteiger partial charge in [0.05, 0.1) is 24.1 Å². The lowest BCUT2D eigenvalue weighted by Crippen LogP contribution is -2.31. The largest absolute Gasteiger partial charge is 0.497 e. The molecule has 0 spiro atoms. The molecule has 0 radical (unpaired) electrons. The van der Waals surface area contributed by atoms with Crippen molar-refractivity contribution in [3.05, 3.63) is 110 Å². The molecule has 0 N–H and O–H groups in total. The van der Waals surface area contributed by atoms with Crippen LogP contribution >= 0.6 is 11.6 Å². The third-order valence-corrected chi connectivity index (χ3v) is 6.32. The minimum absolute atomic E-state index is 0.107. The number of carbonyl (C=O) groups is 1. The molecule has 6 heteroatoms. The highest BCUT2D eigenvalue weighted by molar-refractivity contribution is 6.30. The third-order valence-electron chi connectivity index (χ3n) is 6.09. The summed E-state index contributed by atoms with van der Waals surface area (Å²) in [6.07, 6.45) is 0.619. The van der Waals surface area contributed by atoms with Crippen molar-refractivity contribution < 1.29 is 13.9 Å². The van der Waals surface area contributed by atoms with Gasteiger partial charge in [-0.15, -0.1) is 0 Å². The maximum Gasteiger partial charge on any atom is 0.290 e. The number of methoxy groups -OCH3 is 1. The summed E-state index contributed by atoms with van der Waals surface area (Å²) in [6, 6.07) is 19.9. The van der Waals surface area contributed by atoms with Crippen LogP contribution in [0.3, 0.4) is 0 Å². The van der Waals surface area contributed by atoms with E-state index < -0.39 is 6.04 Å². The Morgan fingerprint density at radius 2 is 1.82 bits per heavy atom. The Kier molecular flexibility index (Phi) is 5.43. The first-order valence-electron chi connectivity index (χ1n) is 10.7. The van der Waals surface area contributed by atoms with Crippen LogP contribution in [-0.4, -0.2) is 24.5 Å². The summed E-state index contributed by atoms with van der Waals surface area (Å²) in [5.41, 5.74) is 3.40. The highest BCUT2D eigenvalue weighted by Gasteiger charge is 2.42. The van der Waals surface area contributed by atoms with Crippen molar-refractivity contribution in [2.75, 3.05) is 13.7 Å². The van der Waals surface area contributed by atoms with Crippen molar-refractivity contribution in [2.24, 2.45) is 0 Å². The number of fused-ring (bicyclic) bond motifs is 2. The molecule has 2 heterocycles. The number of amides is 1. The van der Waals surface area contributed by atoms with Crippen molar-refractivity contribution in [3.63, 3.8) is 0 Å². The molecule has 3 aromatic carbocycles. The number of aryl methyl sites for hydroxylation is 1. The lowest BCUT2D eigenvalue weighted by molar-refractivity contribution is 0.0730. The molecule has 166 valence electrons. The van der Waals surface area contributed by atoms with E-state index in [1.807, 2.05) is 49.4 Å². The van der Waals surface area contributed by atoms with Gasteiger partial charge in [-0.05, 0) is 60.9 Å². The molecule has 0 fully saturated rings. The van der Waals surface area contributed by atoms with E-state index >= 15 is 0 Å². The van der Waals surface area contributed by atoms with Gasteiger partial charge in [0, 0.05) is 11.6 Å². The standard InChI is InChI=1S/C27H22ClNO4/c1-16-6-11-22-21(14-16)25(30)23-24(18-4-3-5-19(28)15-18)29(27(31)26(23)33-22)13-12-17-7-9-20(32-2)10-8-17/h3-11,14-15,24H,12-13H2,1-2H3. The Labute approximate surface area is 196 Å². The molecule has 0 saturated carbocycles. The SMILES string of the molecule is COc1ccc(CCN2C(=O)c3oc4ccc(C)cc4c(=O)c3C2c2cccc(Cl)c2)cc1. The number of hydrogen-bond donors (Lipinski definition) is 0. The first-order valence-corrected chi connectivity index (χ1v) is 11.1. The van der Waals surface area contributed by atoms with Crippen LogP contribution in [0, 0.1) is 6.92 Å². The number of carbonyl (C=O) groups excluding carboxylic acids is 1. The lowest BCUT2D eigenvalue weighted by atomic mass is 9.98. The molecule has 33 heavy (non-hydrogen) atoms. The van der Waals surface area contributed by atoms with Crippen molar-refractivity contribution >= 4 is 28.5 Å². The molecule has 4 aromatic rings. The van der Waals surface area contributed by atoms with E-state index in [9.17, 15) is 9.59 Å². The molecule has 1 aliphatic heterocycles. The Morgan fingerprint density at radius 1 is 1.03 bits per heavy atom. The van der Waals surface area contributed by atoms with Crippen LogP contribution in [0.2, 0.25) is 5.02 Å². The smallest absolute Gasteiger partial charge is 0.290 e. The van der Waals surface area contributed by atoms with Gasteiger partial charge >= 0.3 is 0 Å². The minimum atomic E-state index is -0.564. The maximum atomic E-state index is 13.6. The average Bonchev–Trinajstić information content (AvgIpc) is 3.10. The number of hydrogen-bond acceptors (Lipinski definition) is 4. The van der Waals surface area contributed by atoms with Gasteiger partial charge in [-0.1, -0.05) is 47.5 Å². The summed E-state index contributed by atoms with van der Waals surface area (Å²) in [4.78, 5) is 28.8. The van der Waals surface area contributed by atoms with E-state index in [1.165, 1.54) is 0 Å². The van der Waals surface area contributed by atoms with Gasteiger partial charge < -0.3 is 14.1 Å². The van der Waals surface area contributed by atoms with Crippen LogP contribution in [-0.2, 0) is 6.42 Å². The Hall–Kier alpha value is -3.57. The van der Waals surface area contributed by atoms with E-state index in [4.69, 9.17) is 20.8 Å². The van der Waals surface area contributed by atoms with Crippen molar-refractivity contribution in [1.29, 1.82) is 0 Å². The van der Waals surface area contributed by atoms with Gasteiger partial charge in [0.25, 0.3) is 5.91 Å². The molecule has 0 saturated heterocycles. The van der Waals surface area contributed by atoms with E-state index in [0.717, 1.165) is 22.4 Å². The molecule has 1 aliphatic rings. The van der Waals surface area contributed by atoms with Gasteiger partial charge in [0.2, 0.25) is 5.76 Å². The maximum absolute atomic E-state index is 13.6. The summed E-state index contributed by atoms with van der Waals surface area (Å²) in [6.45, 7) is 2.34. The molecular formula is C27H22ClNO4. The summed E-state index contributed by atoms with van der Waals surface area (Å²) in [5, 5.41) is 1.02. The van der Waals surface area contributed by atoms with Crippen molar-refractivity contribution in [2.45, 2.75) is 19.4 Å². The number of benzene rings is 3. The summed E-state index contributed by atoms with van der Waals surface area (Å²) < 4.78 is 11.2. The molecule has 1 aromatic heterocycles. The summed E-state index contributed by atoms with van der Waals surface area (Å²) in [5.74, 6) is 0.594. The third kappa shape index (κ3) is 3.79. The lowest BCUT2D eigenvalue weighted by Gasteiger charge is -2.25. The van der Waals surface area contributed by atoms with Crippen molar-refractivity contribution in [3.8, 4) is 5.75 Å².